The van der Waals surface area contributed by atoms with Crippen molar-refractivity contribution in [1.29, 1.82) is 0 Å². The Balaban J connectivity index is 1.72. The van der Waals surface area contributed by atoms with Crippen LogP contribution in [0.2, 0.25) is 0 Å². The first-order chi connectivity index (χ1) is 14.3. The molecule has 2 aromatic carbocycles. The molecule has 30 heavy (non-hydrogen) atoms. The number of amides is 3. The molecule has 3 amide bonds. The molecule has 1 atom stereocenters. The second-order valence-corrected chi connectivity index (χ2v) is 9.11. The number of likely N-dealkylation sites (tertiary alicyclic amines) is 1. The Labute approximate surface area is 175 Å². The highest BCUT2D eigenvalue weighted by atomic mass is 32.2. The summed E-state index contributed by atoms with van der Waals surface area (Å²) in [6.07, 6.45) is 3.06. The highest BCUT2D eigenvalue weighted by molar-refractivity contribution is 7.90. The van der Waals surface area contributed by atoms with Crippen molar-refractivity contribution in [2.75, 3.05) is 12.8 Å². The Morgan fingerprint density at radius 1 is 0.967 bits per heavy atom. The Hall–Kier alpha value is -3.20. The van der Waals surface area contributed by atoms with Gasteiger partial charge >= 0.3 is 0 Å². The average molecular weight is 429 g/mol. The molecule has 2 aromatic rings. The van der Waals surface area contributed by atoms with Gasteiger partial charge < -0.3 is 4.90 Å². The molecule has 0 saturated carbocycles. The molecule has 1 unspecified atom stereocenters. The fraction of sp³-hybridized carbons (Fsp3) is 0.286. The van der Waals surface area contributed by atoms with Crippen LogP contribution in [0, 0.1) is 0 Å². The van der Waals surface area contributed by atoms with Crippen LogP contribution in [0.4, 0.5) is 0 Å². The predicted molar refractivity (Wildman–Crippen MR) is 110 cm³/mol. The molecule has 1 fully saturated rings. The predicted octanol–water partition coefficient (Wildman–Crippen LogP) is 1.60. The second-order valence-electron chi connectivity index (χ2n) is 7.10. The topological polar surface area (TPSA) is 113 Å². The van der Waals surface area contributed by atoms with Crippen molar-refractivity contribution < 1.29 is 22.8 Å². The molecule has 0 spiro atoms. The number of rotatable bonds is 5. The van der Waals surface area contributed by atoms with Crippen molar-refractivity contribution in [2.45, 2.75) is 30.2 Å². The summed E-state index contributed by atoms with van der Waals surface area (Å²) in [5.74, 6) is -1.23. The van der Waals surface area contributed by atoms with Crippen molar-refractivity contribution in [1.82, 2.24) is 15.8 Å². The number of hydrazine groups is 1. The molecule has 1 aliphatic heterocycles. The van der Waals surface area contributed by atoms with E-state index in [4.69, 9.17) is 0 Å². The van der Waals surface area contributed by atoms with E-state index in [0.29, 0.717) is 18.5 Å². The van der Waals surface area contributed by atoms with Gasteiger partial charge in [0.1, 0.15) is 6.04 Å². The summed E-state index contributed by atoms with van der Waals surface area (Å²) in [4.78, 5) is 39.3. The fourth-order valence-corrected chi connectivity index (χ4v) is 3.95. The summed E-state index contributed by atoms with van der Waals surface area (Å²) in [6.45, 7) is 0.465. The minimum Gasteiger partial charge on any atom is -0.326 e. The number of carbonyl (C=O) groups excluding carboxylic acids is 3. The number of benzene rings is 2. The maximum absolute atomic E-state index is 12.9. The third kappa shape index (κ3) is 5.04. The van der Waals surface area contributed by atoms with Gasteiger partial charge in [0, 0.05) is 24.8 Å². The number of nitrogens with one attached hydrogen (secondary N) is 2. The van der Waals surface area contributed by atoms with E-state index < -0.39 is 27.7 Å². The van der Waals surface area contributed by atoms with Crippen LogP contribution in [0.3, 0.4) is 0 Å². The van der Waals surface area contributed by atoms with Gasteiger partial charge in [-0.1, -0.05) is 30.3 Å². The largest absolute Gasteiger partial charge is 0.326 e. The van der Waals surface area contributed by atoms with Crippen molar-refractivity contribution in [3.8, 4) is 0 Å². The van der Waals surface area contributed by atoms with Crippen molar-refractivity contribution in [2.24, 2.45) is 0 Å². The van der Waals surface area contributed by atoms with Gasteiger partial charge in [-0.2, -0.15) is 0 Å². The highest BCUT2D eigenvalue weighted by Crippen LogP contribution is 2.25. The van der Waals surface area contributed by atoms with Gasteiger partial charge in [0.15, 0.2) is 9.84 Å². The zero-order chi connectivity index (χ0) is 21.7. The lowest BCUT2D eigenvalue weighted by molar-refractivity contribution is -0.143. The lowest BCUT2D eigenvalue weighted by Gasteiger charge is -2.34. The molecular formula is C21H23N3O5S. The van der Waals surface area contributed by atoms with E-state index in [9.17, 15) is 22.8 Å². The van der Waals surface area contributed by atoms with Crippen LogP contribution in [-0.4, -0.2) is 43.8 Å². The van der Waals surface area contributed by atoms with Crippen LogP contribution < -0.4 is 10.9 Å². The maximum atomic E-state index is 12.9. The van der Waals surface area contributed by atoms with Gasteiger partial charge in [0.05, 0.1) is 4.90 Å². The van der Waals surface area contributed by atoms with Crippen LogP contribution in [0.15, 0.2) is 59.5 Å². The summed E-state index contributed by atoms with van der Waals surface area (Å²) in [5.41, 5.74) is 5.56. The third-order valence-electron chi connectivity index (χ3n) is 4.88. The van der Waals surface area contributed by atoms with E-state index in [1.165, 1.54) is 29.2 Å². The van der Waals surface area contributed by atoms with E-state index in [1.807, 2.05) is 6.07 Å². The van der Waals surface area contributed by atoms with Gasteiger partial charge in [-0.3, -0.25) is 25.2 Å². The smallest absolute Gasteiger partial charge is 0.269 e. The van der Waals surface area contributed by atoms with Gasteiger partial charge in [0.25, 0.3) is 11.8 Å². The molecule has 3 rings (SSSR count). The molecule has 9 heteroatoms. The van der Waals surface area contributed by atoms with E-state index in [-0.39, 0.29) is 16.4 Å². The summed E-state index contributed by atoms with van der Waals surface area (Å²) in [5, 5.41) is 0. The normalized spacial score (nSPS) is 15.4. The van der Waals surface area contributed by atoms with Gasteiger partial charge in [-0.05, 0) is 42.7 Å². The molecule has 0 aromatic heterocycles. The summed E-state index contributed by atoms with van der Waals surface area (Å²) >= 11 is 0. The SMILES string of the molecule is CS(=O)(=O)c1ccc(C(=O)NNC(=O)C(c2ccccc2)N2CCCCC2=O)cc1. The van der Waals surface area contributed by atoms with Crippen LogP contribution in [0.1, 0.15) is 41.2 Å². The number of hydrogen-bond acceptors (Lipinski definition) is 5. The van der Waals surface area contributed by atoms with Crippen LogP contribution in [0.25, 0.3) is 0 Å². The molecule has 0 bridgehead atoms. The molecule has 1 heterocycles. The minimum atomic E-state index is -3.37. The molecule has 2 N–H and O–H groups in total. The molecule has 1 saturated heterocycles. The fourth-order valence-electron chi connectivity index (χ4n) is 3.32. The number of nitrogens with zero attached hydrogens (tertiary/aromatic N) is 1. The van der Waals surface area contributed by atoms with Crippen LogP contribution in [0.5, 0.6) is 0 Å². The first kappa shape index (κ1) is 21.5. The van der Waals surface area contributed by atoms with E-state index in [1.54, 1.807) is 24.3 Å². The molecule has 0 radical (unpaired) electrons. The van der Waals surface area contributed by atoms with E-state index in [0.717, 1.165) is 19.1 Å². The van der Waals surface area contributed by atoms with Crippen LogP contribution in [-0.2, 0) is 19.4 Å². The monoisotopic (exact) mass is 429 g/mol. The quantitative estimate of drug-likeness (QED) is 0.701. The zero-order valence-electron chi connectivity index (χ0n) is 16.5. The Morgan fingerprint density at radius 3 is 2.23 bits per heavy atom. The van der Waals surface area contributed by atoms with Crippen molar-refractivity contribution >= 4 is 27.6 Å². The molecule has 1 aliphatic rings. The maximum Gasteiger partial charge on any atom is 0.269 e. The lowest BCUT2D eigenvalue weighted by atomic mass is 10.0. The number of carbonyl (C=O) groups is 3. The summed E-state index contributed by atoms with van der Waals surface area (Å²) in [6, 6.07) is 13.4. The first-order valence-corrected chi connectivity index (χ1v) is 11.4. The third-order valence-corrected chi connectivity index (χ3v) is 6.01. The van der Waals surface area contributed by atoms with Gasteiger partial charge in [0.2, 0.25) is 5.91 Å². The van der Waals surface area contributed by atoms with Crippen LogP contribution >= 0.6 is 0 Å². The van der Waals surface area contributed by atoms with Crippen molar-refractivity contribution in [3.05, 3.63) is 65.7 Å². The number of hydrogen-bond donors (Lipinski definition) is 2. The van der Waals surface area contributed by atoms with E-state index in [2.05, 4.69) is 10.9 Å². The lowest BCUT2D eigenvalue weighted by Crippen LogP contribution is -2.50. The zero-order valence-corrected chi connectivity index (χ0v) is 17.3. The molecule has 8 nitrogen and oxygen atoms in total. The second kappa shape index (κ2) is 9.08. The summed E-state index contributed by atoms with van der Waals surface area (Å²) < 4.78 is 23.1. The van der Waals surface area contributed by atoms with Gasteiger partial charge in [-0.15, -0.1) is 0 Å². The molecule has 0 aliphatic carbocycles. The number of piperidine rings is 1. The number of sulfone groups is 1. The Bertz CT molecular complexity index is 1040. The average Bonchev–Trinajstić information content (AvgIpc) is 2.74. The molecule has 158 valence electrons. The Kier molecular flexibility index (Phi) is 6.51. The van der Waals surface area contributed by atoms with Crippen molar-refractivity contribution in [3.63, 3.8) is 0 Å². The minimum absolute atomic E-state index is 0.0934. The first-order valence-electron chi connectivity index (χ1n) is 9.52. The summed E-state index contributed by atoms with van der Waals surface area (Å²) in [7, 11) is -3.37. The highest BCUT2D eigenvalue weighted by Gasteiger charge is 2.32. The van der Waals surface area contributed by atoms with Gasteiger partial charge in [-0.25, -0.2) is 8.42 Å². The molecular weight excluding hydrogens is 406 g/mol. The van der Waals surface area contributed by atoms with E-state index >= 15 is 0 Å². The Morgan fingerprint density at radius 2 is 1.63 bits per heavy atom. The standard InChI is InChI=1S/C21H23N3O5S/c1-30(28,29)17-12-10-16(11-13-17)20(26)22-23-21(27)19(15-7-3-2-4-8-15)24-14-6-5-9-18(24)25/h2-4,7-8,10-13,19H,5-6,9,14H2,1H3,(H,22,26)(H,23,27).